The second kappa shape index (κ2) is 4.93. The molecule has 1 aliphatic carbocycles. The van der Waals surface area contributed by atoms with Crippen molar-refractivity contribution in [1.29, 1.82) is 0 Å². The number of halogens is 1. The van der Waals surface area contributed by atoms with E-state index in [1.807, 2.05) is 0 Å². The zero-order valence-electron chi connectivity index (χ0n) is 9.90. The zero-order valence-corrected chi connectivity index (χ0v) is 11.5. The fourth-order valence-corrected chi connectivity index (χ4v) is 2.93. The Morgan fingerprint density at radius 3 is 2.67 bits per heavy atom. The van der Waals surface area contributed by atoms with Crippen molar-refractivity contribution in [3.05, 3.63) is 17.6 Å². The Balaban J connectivity index is 2.06. The van der Waals surface area contributed by atoms with Crippen LogP contribution >= 0.6 is 10.7 Å². The van der Waals surface area contributed by atoms with Gasteiger partial charge >= 0.3 is 0 Å². The lowest BCUT2D eigenvalue weighted by molar-refractivity contribution is 0.0910. The molecule has 0 atom stereocenters. The standard InChI is InChI=1S/C11H14ClNO4S/c1-7-10(18(12,15)16)5-9(17-7)11(14)13-6-8-3-2-4-8/h5,8H,2-4,6H2,1H3,(H,13,14). The molecular weight excluding hydrogens is 278 g/mol. The van der Waals surface area contributed by atoms with Gasteiger partial charge < -0.3 is 9.73 Å². The molecule has 1 saturated carbocycles. The molecule has 0 saturated heterocycles. The molecule has 0 radical (unpaired) electrons. The highest BCUT2D eigenvalue weighted by Gasteiger charge is 2.23. The molecule has 0 aliphatic heterocycles. The lowest BCUT2D eigenvalue weighted by Gasteiger charge is -2.25. The van der Waals surface area contributed by atoms with Crippen molar-refractivity contribution in [3.8, 4) is 0 Å². The molecule has 100 valence electrons. The number of furan rings is 1. The Kier molecular flexibility index (Phi) is 3.68. The lowest BCUT2D eigenvalue weighted by Crippen LogP contribution is -2.31. The summed E-state index contributed by atoms with van der Waals surface area (Å²) in [7, 11) is 1.35. The molecule has 0 spiro atoms. The maximum absolute atomic E-state index is 11.7. The molecule has 1 aliphatic rings. The second-order valence-corrected chi connectivity index (χ2v) is 7.01. The van der Waals surface area contributed by atoms with Crippen LogP contribution in [-0.4, -0.2) is 20.9 Å². The van der Waals surface area contributed by atoms with Crippen LogP contribution in [0.4, 0.5) is 0 Å². The SMILES string of the molecule is Cc1oc(C(=O)NCC2CCC2)cc1S(=O)(=O)Cl. The van der Waals surface area contributed by atoms with E-state index < -0.39 is 15.0 Å². The van der Waals surface area contributed by atoms with Gasteiger partial charge in [-0.1, -0.05) is 6.42 Å². The van der Waals surface area contributed by atoms with Gasteiger partial charge in [-0.3, -0.25) is 4.79 Å². The molecular formula is C11H14ClNO4S. The average Bonchev–Trinajstić information content (AvgIpc) is 2.57. The average molecular weight is 292 g/mol. The first-order chi connectivity index (χ1) is 8.38. The third-order valence-corrected chi connectivity index (χ3v) is 4.56. The van der Waals surface area contributed by atoms with Gasteiger partial charge in [0.05, 0.1) is 0 Å². The number of carbonyl (C=O) groups excluding carboxylic acids is 1. The van der Waals surface area contributed by atoms with E-state index in [9.17, 15) is 13.2 Å². The Morgan fingerprint density at radius 1 is 1.56 bits per heavy atom. The van der Waals surface area contributed by atoms with Crippen LogP contribution in [-0.2, 0) is 9.05 Å². The van der Waals surface area contributed by atoms with E-state index in [-0.39, 0.29) is 16.4 Å². The van der Waals surface area contributed by atoms with Gasteiger partial charge in [-0.25, -0.2) is 8.42 Å². The molecule has 5 nitrogen and oxygen atoms in total. The highest BCUT2D eigenvalue weighted by atomic mass is 35.7. The van der Waals surface area contributed by atoms with Crippen molar-refractivity contribution in [2.75, 3.05) is 6.54 Å². The predicted molar refractivity (Wildman–Crippen MR) is 66.2 cm³/mol. The maximum Gasteiger partial charge on any atom is 0.287 e. The summed E-state index contributed by atoms with van der Waals surface area (Å²) in [5, 5.41) is 2.72. The second-order valence-electron chi connectivity index (χ2n) is 4.48. The molecule has 2 rings (SSSR count). The summed E-state index contributed by atoms with van der Waals surface area (Å²) in [5.74, 6) is 0.225. The van der Waals surface area contributed by atoms with Crippen LogP contribution in [0.15, 0.2) is 15.4 Å². The normalized spacial score (nSPS) is 16.3. The number of amides is 1. The minimum absolute atomic E-state index is 0.0222. The summed E-state index contributed by atoms with van der Waals surface area (Å²) in [5.41, 5.74) is 0. The van der Waals surface area contributed by atoms with Gasteiger partial charge in [0.15, 0.2) is 5.76 Å². The topological polar surface area (TPSA) is 76.4 Å². The monoisotopic (exact) mass is 291 g/mol. The van der Waals surface area contributed by atoms with E-state index >= 15 is 0 Å². The zero-order chi connectivity index (χ0) is 13.3. The summed E-state index contributed by atoms with van der Waals surface area (Å²) in [6.07, 6.45) is 3.45. The predicted octanol–water partition coefficient (Wildman–Crippen LogP) is 2.05. The van der Waals surface area contributed by atoms with E-state index in [4.69, 9.17) is 15.1 Å². The highest BCUT2D eigenvalue weighted by molar-refractivity contribution is 8.13. The minimum Gasteiger partial charge on any atom is -0.455 e. The Morgan fingerprint density at radius 2 is 2.22 bits per heavy atom. The van der Waals surface area contributed by atoms with Gasteiger partial charge in [-0.15, -0.1) is 0 Å². The number of nitrogens with one attached hydrogen (secondary N) is 1. The van der Waals surface area contributed by atoms with Gasteiger partial charge in [-0.05, 0) is 25.7 Å². The molecule has 1 amide bonds. The van der Waals surface area contributed by atoms with Crippen LogP contribution in [0.1, 0.15) is 35.6 Å². The molecule has 0 bridgehead atoms. The lowest BCUT2D eigenvalue weighted by atomic mass is 9.85. The molecule has 1 aromatic rings. The van der Waals surface area contributed by atoms with Crippen molar-refractivity contribution in [3.63, 3.8) is 0 Å². The number of carbonyl (C=O) groups is 1. The summed E-state index contributed by atoms with van der Waals surface area (Å²) in [6, 6.07) is 1.16. The van der Waals surface area contributed by atoms with Gasteiger partial charge in [0.1, 0.15) is 10.7 Å². The van der Waals surface area contributed by atoms with Gasteiger partial charge in [0.2, 0.25) is 0 Å². The van der Waals surface area contributed by atoms with Crippen LogP contribution in [0.3, 0.4) is 0 Å². The van der Waals surface area contributed by atoms with Gasteiger partial charge in [0, 0.05) is 23.3 Å². The third kappa shape index (κ3) is 2.87. The highest BCUT2D eigenvalue weighted by Crippen LogP contribution is 2.26. The molecule has 0 unspecified atom stereocenters. The van der Waals surface area contributed by atoms with E-state index in [0.717, 1.165) is 18.9 Å². The summed E-state index contributed by atoms with van der Waals surface area (Å²) < 4.78 is 27.5. The first kappa shape index (κ1) is 13.4. The maximum atomic E-state index is 11.7. The van der Waals surface area contributed by atoms with Crippen LogP contribution in [0.5, 0.6) is 0 Å². The molecule has 1 fully saturated rings. The smallest absolute Gasteiger partial charge is 0.287 e. The van der Waals surface area contributed by atoms with Crippen molar-refractivity contribution in [1.82, 2.24) is 5.32 Å². The van der Waals surface area contributed by atoms with E-state index in [0.29, 0.717) is 12.5 Å². The fourth-order valence-electron chi connectivity index (χ4n) is 1.84. The largest absolute Gasteiger partial charge is 0.455 e. The van der Waals surface area contributed by atoms with Crippen molar-refractivity contribution in [2.45, 2.75) is 31.1 Å². The molecule has 7 heteroatoms. The summed E-state index contributed by atoms with van der Waals surface area (Å²) >= 11 is 0. The van der Waals surface area contributed by atoms with Crippen LogP contribution in [0.25, 0.3) is 0 Å². The van der Waals surface area contributed by atoms with Crippen LogP contribution < -0.4 is 5.32 Å². The van der Waals surface area contributed by atoms with Crippen molar-refractivity contribution < 1.29 is 17.6 Å². The Bertz CT molecular complexity index is 560. The fraction of sp³-hybridized carbons (Fsp3) is 0.545. The van der Waals surface area contributed by atoms with Crippen LogP contribution in [0.2, 0.25) is 0 Å². The summed E-state index contributed by atoms with van der Waals surface area (Å²) in [6.45, 7) is 2.06. The van der Waals surface area contributed by atoms with E-state index in [2.05, 4.69) is 5.32 Å². The first-order valence-corrected chi connectivity index (χ1v) is 8.02. The number of rotatable bonds is 4. The number of hydrogen-bond donors (Lipinski definition) is 1. The van der Waals surface area contributed by atoms with Gasteiger partial charge in [0.25, 0.3) is 15.0 Å². The number of aryl methyl sites for hydroxylation is 1. The first-order valence-electron chi connectivity index (χ1n) is 5.71. The van der Waals surface area contributed by atoms with E-state index in [1.165, 1.54) is 13.3 Å². The van der Waals surface area contributed by atoms with Crippen molar-refractivity contribution >= 4 is 25.6 Å². The van der Waals surface area contributed by atoms with Crippen molar-refractivity contribution in [2.24, 2.45) is 5.92 Å². The van der Waals surface area contributed by atoms with Gasteiger partial charge in [-0.2, -0.15) is 0 Å². The Labute approximate surface area is 110 Å². The number of hydrogen-bond acceptors (Lipinski definition) is 4. The molecule has 0 aromatic carbocycles. The van der Waals surface area contributed by atoms with Crippen LogP contribution in [0, 0.1) is 12.8 Å². The van der Waals surface area contributed by atoms with E-state index in [1.54, 1.807) is 0 Å². The Hall–Kier alpha value is -1.01. The summed E-state index contributed by atoms with van der Waals surface area (Å²) in [4.78, 5) is 11.6. The molecule has 1 N–H and O–H groups in total. The molecule has 18 heavy (non-hydrogen) atoms. The molecule has 1 aromatic heterocycles. The third-order valence-electron chi connectivity index (χ3n) is 3.13. The quantitative estimate of drug-likeness (QED) is 0.861. The molecule has 1 heterocycles. The minimum atomic E-state index is -3.87.